The summed E-state index contributed by atoms with van der Waals surface area (Å²) in [4.78, 5) is 16.5. The summed E-state index contributed by atoms with van der Waals surface area (Å²) in [5, 5.41) is 0. The van der Waals surface area contributed by atoms with E-state index in [0.717, 1.165) is 0 Å². The van der Waals surface area contributed by atoms with Crippen LogP contribution in [0.1, 0.15) is 10.5 Å². The second-order valence-corrected chi connectivity index (χ2v) is 2.99. The van der Waals surface area contributed by atoms with Crippen LogP contribution in [-0.2, 0) is 0 Å². The van der Waals surface area contributed by atoms with Crippen molar-refractivity contribution in [2.75, 3.05) is 14.1 Å². The van der Waals surface area contributed by atoms with Gasteiger partial charge in [0.15, 0.2) is 0 Å². The quantitative estimate of drug-likeness (QED) is 0.415. The normalized spacial score (nSPS) is 10.5. The van der Waals surface area contributed by atoms with E-state index in [9.17, 15) is 9.18 Å². The van der Waals surface area contributed by atoms with Crippen molar-refractivity contribution < 1.29 is 9.18 Å². The average molecular weight is 194 g/mol. The van der Waals surface area contributed by atoms with Gasteiger partial charge >= 0.3 is 0 Å². The molecule has 0 bridgehead atoms. The summed E-state index contributed by atoms with van der Waals surface area (Å²) in [6, 6.07) is 4.14. The van der Waals surface area contributed by atoms with Crippen LogP contribution in [0, 0.1) is 5.95 Å². The highest BCUT2D eigenvalue weighted by atomic mass is 19.1. The Morgan fingerprint density at radius 3 is 2.79 bits per heavy atom. The van der Waals surface area contributed by atoms with Crippen molar-refractivity contribution in [2.45, 2.75) is 0 Å². The van der Waals surface area contributed by atoms with Gasteiger partial charge in [-0.1, -0.05) is 6.07 Å². The summed E-state index contributed by atoms with van der Waals surface area (Å²) in [6.45, 7) is 0. The van der Waals surface area contributed by atoms with Crippen molar-refractivity contribution in [1.82, 2.24) is 9.88 Å². The van der Waals surface area contributed by atoms with E-state index in [1.165, 1.54) is 24.3 Å². The minimum atomic E-state index is -0.644. The summed E-state index contributed by atoms with van der Waals surface area (Å²) in [5.41, 5.74) is 0.114. The largest absolute Gasteiger partial charge is 0.383 e. The smallest absolute Gasteiger partial charge is 0.213 e. The second kappa shape index (κ2) is 4.50. The molecule has 0 aliphatic carbocycles. The minimum absolute atomic E-state index is 0.114. The van der Waals surface area contributed by atoms with E-state index in [0.29, 0.717) is 0 Å². The van der Waals surface area contributed by atoms with Gasteiger partial charge in [-0.15, -0.1) is 0 Å². The van der Waals surface area contributed by atoms with Gasteiger partial charge in [-0.25, -0.2) is 4.98 Å². The lowest BCUT2D eigenvalue weighted by Crippen LogP contribution is -2.04. The summed E-state index contributed by atoms with van der Waals surface area (Å²) in [5.74, 6) is -0.952. The summed E-state index contributed by atoms with van der Waals surface area (Å²) < 4.78 is 12.6. The zero-order chi connectivity index (χ0) is 10.6. The van der Waals surface area contributed by atoms with Crippen LogP contribution in [0.15, 0.2) is 30.5 Å². The lowest BCUT2D eigenvalue weighted by atomic mass is 10.2. The van der Waals surface area contributed by atoms with Gasteiger partial charge in [0.25, 0.3) is 0 Å². The summed E-state index contributed by atoms with van der Waals surface area (Å²) >= 11 is 0. The fourth-order valence-electron chi connectivity index (χ4n) is 0.848. The predicted molar refractivity (Wildman–Crippen MR) is 51.4 cm³/mol. The number of pyridine rings is 1. The molecule has 74 valence electrons. The Balaban J connectivity index is 2.80. The van der Waals surface area contributed by atoms with Gasteiger partial charge in [-0.05, 0) is 12.1 Å². The third kappa shape index (κ3) is 2.97. The molecular formula is C10H11FN2O. The highest BCUT2D eigenvalue weighted by Crippen LogP contribution is 1.99. The van der Waals surface area contributed by atoms with Gasteiger partial charge in [0.05, 0.1) is 0 Å². The standard InChI is InChI=1S/C10H11FN2O/c1-13(2)7-6-9(14)8-4-3-5-10(11)12-8/h3-7H,1-2H3. The highest BCUT2D eigenvalue weighted by Gasteiger charge is 2.03. The molecule has 1 aromatic rings. The van der Waals surface area contributed by atoms with Gasteiger partial charge in [0, 0.05) is 26.4 Å². The molecule has 1 aromatic heterocycles. The lowest BCUT2D eigenvalue weighted by molar-refractivity contribution is 0.104. The molecule has 0 atom stereocenters. The molecule has 1 rings (SSSR count). The third-order valence-electron chi connectivity index (χ3n) is 1.49. The van der Waals surface area contributed by atoms with Crippen LogP contribution >= 0.6 is 0 Å². The molecule has 0 aromatic carbocycles. The van der Waals surface area contributed by atoms with Gasteiger partial charge < -0.3 is 4.90 Å². The molecule has 3 nitrogen and oxygen atoms in total. The Labute approximate surface area is 81.9 Å². The van der Waals surface area contributed by atoms with Crippen LogP contribution in [-0.4, -0.2) is 29.8 Å². The van der Waals surface area contributed by atoms with Crippen LogP contribution in [0.3, 0.4) is 0 Å². The molecule has 0 aliphatic rings. The van der Waals surface area contributed by atoms with Crippen molar-refractivity contribution in [1.29, 1.82) is 0 Å². The molecule has 0 N–H and O–H groups in total. The maximum atomic E-state index is 12.6. The van der Waals surface area contributed by atoms with E-state index in [2.05, 4.69) is 4.98 Å². The van der Waals surface area contributed by atoms with Crippen LogP contribution < -0.4 is 0 Å². The van der Waals surface area contributed by atoms with Crippen LogP contribution in [0.2, 0.25) is 0 Å². The number of ketones is 1. The molecule has 0 fully saturated rings. The Morgan fingerprint density at radius 2 is 2.21 bits per heavy atom. The van der Waals surface area contributed by atoms with Gasteiger partial charge in [-0.3, -0.25) is 4.79 Å². The van der Waals surface area contributed by atoms with Gasteiger partial charge in [0.2, 0.25) is 11.7 Å². The highest BCUT2D eigenvalue weighted by molar-refractivity contribution is 6.02. The lowest BCUT2D eigenvalue weighted by Gasteiger charge is -2.02. The number of halogens is 1. The minimum Gasteiger partial charge on any atom is -0.383 e. The summed E-state index contributed by atoms with van der Waals surface area (Å²) in [7, 11) is 3.59. The van der Waals surface area contributed by atoms with E-state index in [-0.39, 0.29) is 11.5 Å². The number of rotatable bonds is 3. The zero-order valence-electron chi connectivity index (χ0n) is 8.07. The molecular weight excluding hydrogens is 183 g/mol. The fourth-order valence-corrected chi connectivity index (χ4v) is 0.848. The molecule has 1 heterocycles. The molecule has 0 unspecified atom stereocenters. The Kier molecular flexibility index (Phi) is 3.34. The van der Waals surface area contributed by atoms with Gasteiger partial charge in [-0.2, -0.15) is 4.39 Å². The first-order valence-corrected chi connectivity index (χ1v) is 4.11. The number of hydrogen-bond donors (Lipinski definition) is 0. The van der Waals surface area contributed by atoms with Crippen molar-refractivity contribution in [3.05, 3.63) is 42.1 Å². The molecule has 0 aliphatic heterocycles. The predicted octanol–water partition coefficient (Wildman–Crippen LogP) is 1.48. The Hall–Kier alpha value is -1.71. The second-order valence-electron chi connectivity index (χ2n) is 2.99. The first-order valence-electron chi connectivity index (χ1n) is 4.11. The molecule has 0 saturated heterocycles. The number of carbonyl (C=O) groups is 1. The number of nitrogens with zero attached hydrogens (tertiary/aromatic N) is 2. The molecule has 0 saturated carbocycles. The Bertz CT molecular complexity index is 361. The van der Waals surface area contributed by atoms with Crippen LogP contribution in [0.4, 0.5) is 4.39 Å². The van der Waals surface area contributed by atoms with E-state index < -0.39 is 5.95 Å². The van der Waals surface area contributed by atoms with Crippen molar-refractivity contribution in [3.63, 3.8) is 0 Å². The molecule has 0 radical (unpaired) electrons. The van der Waals surface area contributed by atoms with E-state index in [4.69, 9.17) is 0 Å². The van der Waals surface area contributed by atoms with Crippen molar-refractivity contribution >= 4 is 5.78 Å². The monoisotopic (exact) mass is 194 g/mol. The number of allylic oxidation sites excluding steroid dienone is 1. The summed E-state index contributed by atoms with van der Waals surface area (Å²) in [6.07, 6.45) is 2.94. The first kappa shape index (κ1) is 10.4. The maximum absolute atomic E-state index is 12.6. The van der Waals surface area contributed by atoms with Crippen molar-refractivity contribution in [2.24, 2.45) is 0 Å². The SMILES string of the molecule is CN(C)C=CC(=O)c1cccc(F)n1. The average Bonchev–Trinajstić information content (AvgIpc) is 2.14. The maximum Gasteiger partial charge on any atom is 0.213 e. The topological polar surface area (TPSA) is 33.2 Å². The van der Waals surface area contributed by atoms with Crippen molar-refractivity contribution in [3.8, 4) is 0 Å². The fraction of sp³-hybridized carbons (Fsp3) is 0.200. The molecule has 14 heavy (non-hydrogen) atoms. The van der Waals surface area contributed by atoms with E-state index in [1.807, 2.05) is 0 Å². The molecule has 0 spiro atoms. The third-order valence-corrected chi connectivity index (χ3v) is 1.49. The van der Waals surface area contributed by atoms with Crippen LogP contribution in [0.25, 0.3) is 0 Å². The number of aromatic nitrogens is 1. The van der Waals surface area contributed by atoms with Crippen LogP contribution in [0.5, 0.6) is 0 Å². The molecule has 4 heteroatoms. The molecule has 0 amide bonds. The zero-order valence-corrected chi connectivity index (χ0v) is 8.07. The van der Waals surface area contributed by atoms with E-state index in [1.54, 1.807) is 25.2 Å². The van der Waals surface area contributed by atoms with E-state index >= 15 is 0 Å². The number of carbonyl (C=O) groups excluding carboxylic acids is 1. The number of hydrogen-bond acceptors (Lipinski definition) is 3. The van der Waals surface area contributed by atoms with Gasteiger partial charge in [0.1, 0.15) is 5.69 Å². The Morgan fingerprint density at radius 1 is 1.50 bits per heavy atom. The first-order chi connectivity index (χ1) is 6.59.